The molecule has 2 aromatic heterocycles. The zero-order chi connectivity index (χ0) is 12.5. The number of nitrogens with zero attached hydrogens (tertiary/aromatic N) is 5. The van der Waals surface area contributed by atoms with E-state index in [9.17, 15) is 0 Å². The normalized spacial score (nSPS) is 16.4. The van der Waals surface area contributed by atoms with Crippen LogP contribution in [-0.4, -0.2) is 32.8 Å². The van der Waals surface area contributed by atoms with E-state index in [2.05, 4.69) is 26.4 Å². The van der Waals surface area contributed by atoms with E-state index in [4.69, 9.17) is 5.26 Å². The lowest BCUT2D eigenvalue weighted by Crippen LogP contribution is -2.47. The van der Waals surface area contributed by atoms with Gasteiger partial charge in [-0.15, -0.1) is 11.3 Å². The largest absolute Gasteiger partial charge is 0.293 e. The van der Waals surface area contributed by atoms with Crippen LogP contribution in [0.5, 0.6) is 0 Å². The summed E-state index contributed by atoms with van der Waals surface area (Å²) in [5, 5.41) is 16.2. The molecule has 1 aliphatic rings. The lowest BCUT2D eigenvalue weighted by molar-refractivity contribution is 0.0897. The van der Waals surface area contributed by atoms with Crippen LogP contribution in [0.25, 0.3) is 0 Å². The Bertz CT molecular complexity index is 588. The summed E-state index contributed by atoms with van der Waals surface area (Å²) in [4.78, 5) is 6.80. The van der Waals surface area contributed by atoms with Gasteiger partial charge in [-0.25, -0.2) is 4.98 Å². The SMILES string of the molecule is Cc1nc(CN2CC(n3cc(C#N)cn3)C2)cs1. The summed E-state index contributed by atoms with van der Waals surface area (Å²) in [6.07, 6.45) is 3.43. The average molecular weight is 259 g/mol. The predicted molar refractivity (Wildman–Crippen MR) is 68.1 cm³/mol. The van der Waals surface area contributed by atoms with Gasteiger partial charge in [-0.2, -0.15) is 10.4 Å². The van der Waals surface area contributed by atoms with Crippen molar-refractivity contribution in [2.24, 2.45) is 0 Å². The van der Waals surface area contributed by atoms with E-state index in [1.165, 1.54) is 0 Å². The smallest absolute Gasteiger partial charge is 0.102 e. The van der Waals surface area contributed by atoms with Crippen LogP contribution < -0.4 is 0 Å². The molecule has 0 aromatic carbocycles. The maximum absolute atomic E-state index is 8.75. The molecule has 0 amide bonds. The van der Waals surface area contributed by atoms with Crippen molar-refractivity contribution in [3.63, 3.8) is 0 Å². The van der Waals surface area contributed by atoms with Gasteiger partial charge >= 0.3 is 0 Å². The molecule has 0 bridgehead atoms. The summed E-state index contributed by atoms with van der Waals surface area (Å²) in [6, 6.07) is 2.49. The third-order valence-corrected chi connectivity index (χ3v) is 3.92. The maximum atomic E-state index is 8.75. The van der Waals surface area contributed by atoms with E-state index in [0.29, 0.717) is 11.6 Å². The first-order valence-corrected chi connectivity index (χ1v) is 6.70. The molecule has 0 spiro atoms. The van der Waals surface area contributed by atoms with Crippen LogP contribution >= 0.6 is 11.3 Å². The van der Waals surface area contributed by atoms with Gasteiger partial charge in [-0.1, -0.05) is 0 Å². The quantitative estimate of drug-likeness (QED) is 0.839. The predicted octanol–water partition coefficient (Wildman–Crippen LogP) is 1.58. The molecule has 1 saturated heterocycles. The van der Waals surface area contributed by atoms with Gasteiger partial charge in [0.25, 0.3) is 0 Å². The number of nitriles is 1. The molecule has 0 unspecified atom stereocenters. The summed E-state index contributed by atoms with van der Waals surface area (Å²) < 4.78 is 1.89. The van der Waals surface area contributed by atoms with Crippen molar-refractivity contribution >= 4 is 11.3 Å². The van der Waals surface area contributed by atoms with Gasteiger partial charge in [0.1, 0.15) is 6.07 Å². The molecule has 1 fully saturated rings. The number of aromatic nitrogens is 3. The molecular weight excluding hydrogens is 246 g/mol. The first kappa shape index (κ1) is 11.4. The molecule has 5 nitrogen and oxygen atoms in total. The minimum Gasteiger partial charge on any atom is -0.293 e. The highest BCUT2D eigenvalue weighted by Gasteiger charge is 2.29. The van der Waals surface area contributed by atoms with Gasteiger partial charge < -0.3 is 0 Å². The molecule has 1 aliphatic heterocycles. The third-order valence-electron chi connectivity index (χ3n) is 3.09. The first-order chi connectivity index (χ1) is 8.74. The van der Waals surface area contributed by atoms with Crippen molar-refractivity contribution in [1.82, 2.24) is 19.7 Å². The van der Waals surface area contributed by atoms with Gasteiger partial charge in [0.05, 0.1) is 28.5 Å². The van der Waals surface area contributed by atoms with Crippen LogP contribution in [0.15, 0.2) is 17.8 Å². The molecule has 92 valence electrons. The Kier molecular flexibility index (Phi) is 2.86. The summed E-state index contributed by atoms with van der Waals surface area (Å²) >= 11 is 1.69. The summed E-state index contributed by atoms with van der Waals surface area (Å²) in [5.74, 6) is 0. The van der Waals surface area contributed by atoms with Crippen molar-refractivity contribution in [3.8, 4) is 6.07 Å². The average Bonchev–Trinajstić information content (AvgIpc) is 2.91. The Balaban J connectivity index is 1.55. The first-order valence-electron chi connectivity index (χ1n) is 5.82. The zero-order valence-corrected chi connectivity index (χ0v) is 10.9. The third kappa shape index (κ3) is 2.15. The van der Waals surface area contributed by atoms with Crippen LogP contribution in [0.2, 0.25) is 0 Å². The molecule has 2 aromatic rings. The minimum absolute atomic E-state index is 0.395. The minimum atomic E-state index is 0.395. The number of hydrogen-bond acceptors (Lipinski definition) is 5. The Morgan fingerprint density at radius 3 is 3.00 bits per heavy atom. The zero-order valence-electron chi connectivity index (χ0n) is 10.1. The number of hydrogen-bond donors (Lipinski definition) is 0. The topological polar surface area (TPSA) is 57.7 Å². The van der Waals surface area contributed by atoms with Crippen molar-refractivity contribution in [1.29, 1.82) is 5.26 Å². The molecule has 3 rings (SSSR count). The molecule has 0 aliphatic carbocycles. The number of aryl methyl sites for hydroxylation is 1. The number of rotatable bonds is 3. The van der Waals surface area contributed by atoms with E-state index in [-0.39, 0.29) is 0 Å². The van der Waals surface area contributed by atoms with Crippen LogP contribution in [0, 0.1) is 18.3 Å². The molecule has 6 heteroatoms. The van der Waals surface area contributed by atoms with E-state index in [1.807, 2.05) is 17.8 Å². The van der Waals surface area contributed by atoms with Crippen molar-refractivity contribution < 1.29 is 0 Å². The Morgan fingerprint density at radius 2 is 2.39 bits per heavy atom. The molecular formula is C12H13N5S. The van der Waals surface area contributed by atoms with Crippen LogP contribution in [0.4, 0.5) is 0 Å². The van der Waals surface area contributed by atoms with Gasteiger partial charge in [0, 0.05) is 31.2 Å². The lowest BCUT2D eigenvalue weighted by Gasteiger charge is -2.38. The lowest BCUT2D eigenvalue weighted by atomic mass is 10.1. The maximum Gasteiger partial charge on any atom is 0.102 e. The highest BCUT2D eigenvalue weighted by molar-refractivity contribution is 7.09. The second-order valence-corrected chi connectivity index (χ2v) is 5.59. The molecule has 0 N–H and O–H groups in total. The van der Waals surface area contributed by atoms with Crippen molar-refractivity contribution in [3.05, 3.63) is 34.0 Å². The summed E-state index contributed by atoms with van der Waals surface area (Å²) in [5.41, 5.74) is 1.78. The van der Waals surface area contributed by atoms with Crippen LogP contribution in [0.3, 0.4) is 0 Å². The molecule has 18 heavy (non-hydrogen) atoms. The van der Waals surface area contributed by atoms with E-state index in [0.717, 1.165) is 30.3 Å². The summed E-state index contributed by atoms with van der Waals surface area (Å²) in [7, 11) is 0. The summed E-state index contributed by atoms with van der Waals surface area (Å²) in [6.45, 7) is 4.89. The highest BCUT2D eigenvalue weighted by atomic mass is 32.1. The van der Waals surface area contributed by atoms with Crippen molar-refractivity contribution in [2.45, 2.75) is 19.5 Å². The van der Waals surface area contributed by atoms with Gasteiger partial charge in [0.15, 0.2) is 0 Å². The fourth-order valence-corrected chi connectivity index (χ4v) is 2.75. The van der Waals surface area contributed by atoms with Crippen molar-refractivity contribution in [2.75, 3.05) is 13.1 Å². The van der Waals surface area contributed by atoms with Crippen LogP contribution in [0.1, 0.15) is 22.3 Å². The molecule has 3 heterocycles. The monoisotopic (exact) mass is 259 g/mol. The van der Waals surface area contributed by atoms with Gasteiger partial charge in [0.2, 0.25) is 0 Å². The number of likely N-dealkylation sites (tertiary alicyclic amines) is 1. The van der Waals surface area contributed by atoms with Gasteiger partial charge in [-0.05, 0) is 6.92 Å². The molecule has 0 atom stereocenters. The van der Waals surface area contributed by atoms with Gasteiger partial charge in [-0.3, -0.25) is 9.58 Å². The van der Waals surface area contributed by atoms with E-state index in [1.54, 1.807) is 17.5 Å². The Hall–Kier alpha value is -1.71. The second-order valence-electron chi connectivity index (χ2n) is 4.53. The van der Waals surface area contributed by atoms with Crippen LogP contribution in [-0.2, 0) is 6.54 Å². The fraction of sp³-hybridized carbons (Fsp3) is 0.417. The Labute approximate surface area is 109 Å². The Morgan fingerprint density at radius 1 is 1.56 bits per heavy atom. The number of thiazole rings is 1. The fourth-order valence-electron chi connectivity index (χ4n) is 2.14. The highest BCUT2D eigenvalue weighted by Crippen LogP contribution is 2.23. The second kappa shape index (κ2) is 4.52. The molecule has 0 saturated carbocycles. The van der Waals surface area contributed by atoms with E-state index < -0.39 is 0 Å². The standard InChI is InChI=1S/C12H13N5S/c1-9-15-11(8-18-9)5-16-6-12(7-16)17-4-10(2-13)3-14-17/h3-4,8,12H,5-7H2,1H3. The molecule has 0 radical (unpaired) electrons. The van der Waals surface area contributed by atoms with E-state index >= 15 is 0 Å².